The molecule has 0 saturated carbocycles. The third-order valence-electron chi connectivity index (χ3n) is 6.00. The van der Waals surface area contributed by atoms with E-state index in [1.54, 1.807) is 25.3 Å². The molecule has 2 aromatic carbocycles. The molecule has 0 aliphatic rings. The minimum atomic E-state index is -0.293. The number of nitrogens with one attached hydrogen (secondary N) is 1. The van der Waals surface area contributed by atoms with Gasteiger partial charge in [0.15, 0.2) is 0 Å². The van der Waals surface area contributed by atoms with Crippen LogP contribution < -0.4 is 20.3 Å². The molecule has 3 aromatic rings. The Balaban J connectivity index is 1.99. The predicted molar refractivity (Wildman–Crippen MR) is 144 cm³/mol. The van der Waals surface area contributed by atoms with Gasteiger partial charge in [0.2, 0.25) is 5.91 Å². The van der Waals surface area contributed by atoms with Crippen LogP contribution >= 0.6 is 0 Å². The normalized spacial score (nSPS) is 12.2. The topological polar surface area (TPSA) is 85.7 Å². The van der Waals surface area contributed by atoms with Crippen LogP contribution in [0.15, 0.2) is 47.3 Å². The van der Waals surface area contributed by atoms with Gasteiger partial charge in [0, 0.05) is 24.1 Å². The van der Waals surface area contributed by atoms with Gasteiger partial charge in [-0.2, -0.15) is 0 Å². The SMILES string of the molecule is CCN(CC)CC(C)COc1ccc2nc(-c3cccc(OC)c3)n(CC(=O)NC(C)C)c(=O)c2c1. The molecule has 0 spiro atoms. The second kappa shape index (κ2) is 12.5. The maximum Gasteiger partial charge on any atom is 0.262 e. The number of hydrogen-bond donors (Lipinski definition) is 1. The highest BCUT2D eigenvalue weighted by molar-refractivity contribution is 5.83. The summed E-state index contributed by atoms with van der Waals surface area (Å²) < 4.78 is 12.8. The number of methoxy groups -OCH3 is 1. The number of benzene rings is 2. The largest absolute Gasteiger partial charge is 0.497 e. The van der Waals surface area contributed by atoms with Gasteiger partial charge in [-0.1, -0.05) is 32.9 Å². The summed E-state index contributed by atoms with van der Waals surface area (Å²) in [6.45, 7) is 13.6. The first-order valence-corrected chi connectivity index (χ1v) is 12.6. The Morgan fingerprint density at radius 2 is 1.83 bits per heavy atom. The summed E-state index contributed by atoms with van der Waals surface area (Å²) in [4.78, 5) is 33.4. The lowest BCUT2D eigenvalue weighted by molar-refractivity contribution is -0.122. The first-order chi connectivity index (χ1) is 17.2. The maximum atomic E-state index is 13.7. The summed E-state index contributed by atoms with van der Waals surface area (Å²) >= 11 is 0. The van der Waals surface area contributed by atoms with Crippen molar-refractivity contribution in [2.75, 3.05) is 33.4 Å². The van der Waals surface area contributed by atoms with Gasteiger partial charge in [-0.15, -0.1) is 0 Å². The molecule has 0 radical (unpaired) electrons. The number of carbonyl (C=O) groups excluding carboxylic acids is 1. The van der Waals surface area contributed by atoms with E-state index in [-0.39, 0.29) is 24.1 Å². The second-order valence-electron chi connectivity index (χ2n) is 9.36. The molecule has 0 saturated heterocycles. The van der Waals surface area contributed by atoms with Gasteiger partial charge in [0.25, 0.3) is 5.56 Å². The lowest BCUT2D eigenvalue weighted by atomic mass is 10.1. The van der Waals surface area contributed by atoms with Gasteiger partial charge >= 0.3 is 0 Å². The van der Waals surface area contributed by atoms with Crippen molar-refractivity contribution in [3.63, 3.8) is 0 Å². The van der Waals surface area contributed by atoms with Gasteiger partial charge in [0.05, 0.1) is 24.6 Å². The fraction of sp³-hybridized carbons (Fsp3) is 0.464. The van der Waals surface area contributed by atoms with Crippen molar-refractivity contribution in [1.82, 2.24) is 19.8 Å². The van der Waals surface area contributed by atoms with Crippen LogP contribution in [0.3, 0.4) is 0 Å². The van der Waals surface area contributed by atoms with E-state index >= 15 is 0 Å². The molecule has 0 aliphatic carbocycles. The summed E-state index contributed by atoms with van der Waals surface area (Å²) in [5.74, 6) is 1.75. The number of fused-ring (bicyclic) bond motifs is 1. The summed E-state index contributed by atoms with van der Waals surface area (Å²) in [5.41, 5.74) is 0.941. The summed E-state index contributed by atoms with van der Waals surface area (Å²) in [7, 11) is 1.58. The molecule has 3 rings (SSSR count). The van der Waals surface area contributed by atoms with Crippen molar-refractivity contribution < 1.29 is 14.3 Å². The van der Waals surface area contributed by atoms with Crippen molar-refractivity contribution in [3.8, 4) is 22.9 Å². The summed E-state index contributed by atoms with van der Waals surface area (Å²) in [5, 5.41) is 3.27. The van der Waals surface area contributed by atoms with Crippen LogP contribution in [0.2, 0.25) is 0 Å². The van der Waals surface area contributed by atoms with Crippen molar-refractivity contribution in [3.05, 3.63) is 52.8 Å². The van der Waals surface area contributed by atoms with Crippen LogP contribution in [0, 0.1) is 5.92 Å². The van der Waals surface area contributed by atoms with E-state index in [9.17, 15) is 9.59 Å². The van der Waals surface area contributed by atoms with Crippen molar-refractivity contribution in [2.45, 2.75) is 47.2 Å². The van der Waals surface area contributed by atoms with Crippen LogP contribution in [-0.2, 0) is 11.3 Å². The van der Waals surface area contributed by atoms with E-state index in [4.69, 9.17) is 14.5 Å². The molecule has 0 aliphatic heterocycles. The van der Waals surface area contributed by atoms with Gasteiger partial charge in [0.1, 0.15) is 23.9 Å². The third kappa shape index (κ3) is 6.85. The van der Waals surface area contributed by atoms with Crippen LogP contribution in [0.1, 0.15) is 34.6 Å². The fourth-order valence-electron chi connectivity index (χ4n) is 4.14. The van der Waals surface area contributed by atoms with Crippen molar-refractivity contribution in [2.24, 2.45) is 5.92 Å². The smallest absolute Gasteiger partial charge is 0.262 e. The van der Waals surface area contributed by atoms with Crippen LogP contribution in [0.5, 0.6) is 11.5 Å². The van der Waals surface area contributed by atoms with Gasteiger partial charge in [-0.05, 0) is 57.3 Å². The molecule has 1 atom stereocenters. The number of carbonyl (C=O) groups is 1. The van der Waals surface area contributed by atoms with E-state index in [1.807, 2.05) is 38.1 Å². The Morgan fingerprint density at radius 3 is 2.50 bits per heavy atom. The van der Waals surface area contributed by atoms with E-state index < -0.39 is 0 Å². The zero-order chi connectivity index (χ0) is 26.2. The number of ether oxygens (including phenoxy) is 2. The standard InChI is InChI=1S/C28H38N4O4/c1-7-31(8-2)16-20(5)18-36-23-12-13-25-24(15-23)28(34)32(17-26(33)29-19(3)4)27(30-25)21-10-9-11-22(14-21)35-6/h9-15,19-20H,7-8,16-18H2,1-6H3,(H,29,33). The quantitative estimate of drug-likeness (QED) is 0.410. The first kappa shape index (κ1) is 27.2. The zero-order valence-electron chi connectivity index (χ0n) is 22.2. The Bertz CT molecular complexity index is 1230. The number of amides is 1. The second-order valence-corrected chi connectivity index (χ2v) is 9.36. The van der Waals surface area contributed by atoms with E-state index in [0.29, 0.717) is 46.3 Å². The lowest BCUT2D eigenvalue weighted by Crippen LogP contribution is -2.37. The lowest BCUT2D eigenvalue weighted by Gasteiger charge is -2.22. The number of rotatable bonds is 12. The molecular formula is C28H38N4O4. The Hall–Kier alpha value is -3.39. The van der Waals surface area contributed by atoms with Crippen LogP contribution in [0.25, 0.3) is 22.3 Å². The molecule has 1 unspecified atom stereocenters. The summed E-state index contributed by atoms with van der Waals surface area (Å²) in [6.07, 6.45) is 0. The molecule has 1 aromatic heterocycles. The molecule has 8 heteroatoms. The third-order valence-corrected chi connectivity index (χ3v) is 6.00. The van der Waals surface area contributed by atoms with Crippen molar-refractivity contribution >= 4 is 16.8 Å². The molecule has 194 valence electrons. The Labute approximate surface area is 213 Å². The highest BCUT2D eigenvalue weighted by Gasteiger charge is 2.17. The number of nitrogens with zero attached hydrogens (tertiary/aromatic N) is 3. The molecule has 36 heavy (non-hydrogen) atoms. The van der Waals surface area contributed by atoms with E-state index in [0.717, 1.165) is 19.6 Å². The van der Waals surface area contributed by atoms with Gasteiger partial charge in [-0.3, -0.25) is 14.2 Å². The average Bonchev–Trinajstić information content (AvgIpc) is 2.87. The molecule has 8 nitrogen and oxygen atoms in total. The van der Waals surface area contributed by atoms with Gasteiger partial charge < -0.3 is 19.7 Å². The minimum Gasteiger partial charge on any atom is -0.497 e. The van der Waals surface area contributed by atoms with E-state index in [1.165, 1.54) is 4.57 Å². The molecule has 0 fully saturated rings. The number of aromatic nitrogens is 2. The molecule has 1 N–H and O–H groups in total. The minimum absolute atomic E-state index is 0.0415. The monoisotopic (exact) mass is 494 g/mol. The molecule has 1 amide bonds. The maximum absolute atomic E-state index is 13.7. The zero-order valence-corrected chi connectivity index (χ0v) is 22.2. The molecule has 1 heterocycles. The van der Waals surface area contributed by atoms with E-state index in [2.05, 4.69) is 31.0 Å². The molecule has 0 bridgehead atoms. The first-order valence-electron chi connectivity index (χ1n) is 12.6. The number of hydrogen-bond acceptors (Lipinski definition) is 6. The molecular weight excluding hydrogens is 456 g/mol. The van der Waals surface area contributed by atoms with Crippen molar-refractivity contribution in [1.29, 1.82) is 0 Å². The fourth-order valence-corrected chi connectivity index (χ4v) is 4.14. The van der Waals surface area contributed by atoms with Gasteiger partial charge in [-0.25, -0.2) is 4.98 Å². The van der Waals surface area contributed by atoms with Crippen LogP contribution in [0.4, 0.5) is 0 Å². The average molecular weight is 495 g/mol. The van der Waals surface area contributed by atoms with Crippen LogP contribution in [-0.4, -0.2) is 59.8 Å². The highest BCUT2D eigenvalue weighted by Crippen LogP contribution is 2.25. The predicted octanol–water partition coefficient (Wildman–Crippen LogP) is 3.95. The Kier molecular flexibility index (Phi) is 9.47. The highest BCUT2D eigenvalue weighted by atomic mass is 16.5. The Morgan fingerprint density at radius 1 is 1.08 bits per heavy atom. The summed E-state index contributed by atoms with van der Waals surface area (Å²) in [6, 6.07) is 12.6.